The second-order valence-electron chi connectivity index (χ2n) is 9.84. The number of nitrogens with zero attached hydrogens (tertiary/aromatic N) is 4. The lowest BCUT2D eigenvalue weighted by Gasteiger charge is -2.24. The molecule has 0 spiro atoms. The van der Waals surface area contributed by atoms with E-state index < -0.39 is 0 Å². The molecule has 0 amide bonds. The van der Waals surface area contributed by atoms with E-state index in [1.807, 2.05) is 0 Å². The highest BCUT2D eigenvalue weighted by molar-refractivity contribution is 6.03. The third-order valence-corrected chi connectivity index (χ3v) is 7.24. The van der Waals surface area contributed by atoms with Crippen molar-refractivity contribution in [3.05, 3.63) is 126 Å². The minimum atomic E-state index is 0.175. The van der Waals surface area contributed by atoms with Crippen LogP contribution in [0.25, 0.3) is 11.0 Å². The first kappa shape index (κ1) is 24.0. The van der Waals surface area contributed by atoms with Crippen LogP contribution in [0.5, 0.6) is 0 Å². The van der Waals surface area contributed by atoms with Gasteiger partial charge >= 0.3 is 0 Å². The fourth-order valence-electron chi connectivity index (χ4n) is 5.19. The average Bonchev–Trinajstić information content (AvgIpc) is 3.58. The lowest BCUT2D eigenvalue weighted by Crippen LogP contribution is -2.18. The summed E-state index contributed by atoms with van der Waals surface area (Å²) < 4.78 is 2.31. The molecule has 1 aliphatic heterocycles. The van der Waals surface area contributed by atoms with Crippen molar-refractivity contribution >= 4 is 28.4 Å². The van der Waals surface area contributed by atoms with E-state index >= 15 is 0 Å². The van der Waals surface area contributed by atoms with Crippen LogP contribution in [0.1, 0.15) is 48.9 Å². The van der Waals surface area contributed by atoms with Gasteiger partial charge in [-0.25, -0.2) is 4.98 Å². The van der Waals surface area contributed by atoms with Crippen LogP contribution >= 0.6 is 0 Å². The van der Waals surface area contributed by atoms with E-state index in [-0.39, 0.29) is 6.04 Å². The van der Waals surface area contributed by atoms with Crippen LogP contribution in [0.3, 0.4) is 0 Å². The molecule has 6 rings (SSSR count). The molecule has 0 fully saturated rings. The summed E-state index contributed by atoms with van der Waals surface area (Å²) in [6.45, 7) is 3.91. The number of aromatic nitrogens is 2. The SMILES string of the molecule is CCCCn1c(NCc2ccc(N3N=C(c4ccccc4)C[C@H]3c3ccccc3)cc2)nc2ccccc21. The molecular weight excluding hydrogens is 466 g/mol. The van der Waals surface area contributed by atoms with Gasteiger partial charge in [0.25, 0.3) is 0 Å². The van der Waals surface area contributed by atoms with Crippen LogP contribution in [0, 0.1) is 0 Å². The highest BCUT2D eigenvalue weighted by Crippen LogP contribution is 2.36. The number of hydrazone groups is 1. The van der Waals surface area contributed by atoms with Gasteiger partial charge in [0.2, 0.25) is 5.95 Å². The zero-order valence-electron chi connectivity index (χ0n) is 21.8. The summed E-state index contributed by atoms with van der Waals surface area (Å²) in [6, 6.07) is 38.5. The molecular formula is C33H33N5. The van der Waals surface area contributed by atoms with Gasteiger partial charge in [-0.1, -0.05) is 98.3 Å². The van der Waals surface area contributed by atoms with Crippen LogP contribution in [0.15, 0.2) is 114 Å². The summed E-state index contributed by atoms with van der Waals surface area (Å²) in [5.74, 6) is 0.935. The smallest absolute Gasteiger partial charge is 0.204 e. The number of rotatable bonds is 9. The molecule has 0 bridgehead atoms. The highest BCUT2D eigenvalue weighted by atomic mass is 15.5. The monoisotopic (exact) mass is 499 g/mol. The molecule has 0 aliphatic carbocycles. The van der Waals surface area contributed by atoms with Gasteiger partial charge in [-0.3, -0.25) is 5.01 Å². The first-order chi connectivity index (χ1) is 18.8. The van der Waals surface area contributed by atoms with Gasteiger partial charge in [0.05, 0.1) is 28.5 Å². The Bertz CT molecular complexity index is 1520. The van der Waals surface area contributed by atoms with Gasteiger partial charge in [0.15, 0.2) is 0 Å². The number of unbranched alkanes of at least 4 members (excludes halogenated alkanes) is 1. The standard InChI is InChI=1S/C33H33N5/c1-2-3-22-37-31-17-11-10-16-29(31)35-33(37)34-24-25-18-20-28(21-19-25)38-32(27-14-8-5-9-15-27)23-30(36-38)26-12-6-4-7-13-26/h4-21,32H,2-3,22-24H2,1H3,(H,34,35)/t32-/m0/s1. The molecule has 0 radical (unpaired) electrons. The molecule has 1 N–H and O–H groups in total. The van der Waals surface area contributed by atoms with E-state index in [2.05, 4.69) is 131 Å². The molecule has 0 unspecified atom stereocenters. The molecule has 2 heterocycles. The average molecular weight is 500 g/mol. The molecule has 1 atom stereocenters. The zero-order valence-corrected chi connectivity index (χ0v) is 21.8. The van der Waals surface area contributed by atoms with E-state index in [4.69, 9.17) is 10.1 Å². The van der Waals surface area contributed by atoms with Crippen molar-refractivity contribution in [1.29, 1.82) is 0 Å². The fraction of sp³-hybridized carbons (Fsp3) is 0.212. The van der Waals surface area contributed by atoms with Crippen molar-refractivity contribution in [2.24, 2.45) is 5.10 Å². The number of fused-ring (bicyclic) bond motifs is 1. The maximum Gasteiger partial charge on any atom is 0.204 e. The molecule has 5 heteroatoms. The van der Waals surface area contributed by atoms with Crippen LogP contribution in [-0.2, 0) is 13.1 Å². The van der Waals surface area contributed by atoms with Crippen molar-refractivity contribution in [3.63, 3.8) is 0 Å². The summed E-state index contributed by atoms with van der Waals surface area (Å²) in [7, 11) is 0. The normalized spacial score (nSPS) is 15.1. The predicted molar refractivity (Wildman–Crippen MR) is 158 cm³/mol. The molecule has 1 aromatic heterocycles. The number of hydrogen-bond acceptors (Lipinski definition) is 4. The minimum absolute atomic E-state index is 0.175. The third-order valence-electron chi connectivity index (χ3n) is 7.24. The van der Waals surface area contributed by atoms with Gasteiger partial charge < -0.3 is 9.88 Å². The second-order valence-corrected chi connectivity index (χ2v) is 9.84. The first-order valence-corrected chi connectivity index (χ1v) is 13.6. The summed E-state index contributed by atoms with van der Waals surface area (Å²) in [5.41, 5.74) is 8.12. The summed E-state index contributed by atoms with van der Waals surface area (Å²) >= 11 is 0. The van der Waals surface area contributed by atoms with E-state index in [9.17, 15) is 0 Å². The van der Waals surface area contributed by atoms with E-state index in [1.54, 1.807) is 0 Å². The van der Waals surface area contributed by atoms with Crippen molar-refractivity contribution in [3.8, 4) is 0 Å². The number of hydrogen-bond donors (Lipinski definition) is 1. The van der Waals surface area contributed by atoms with Crippen LogP contribution in [0.4, 0.5) is 11.6 Å². The zero-order chi connectivity index (χ0) is 25.7. The maximum atomic E-state index is 5.10. The first-order valence-electron chi connectivity index (χ1n) is 13.6. The van der Waals surface area contributed by atoms with E-state index in [1.165, 1.54) is 22.2 Å². The Morgan fingerprint density at radius 3 is 2.29 bits per heavy atom. The molecule has 5 aromatic rings. The van der Waals surface area contributed by atoms with Crippen LogP contribution in [-0.4, -0.2) is 15.3 Å². The van der Waals surface area contributed by atoms with Crippen molar-refractivity contribution < 1.29 is 0 Å². The molecule has 4 aromatic carbocycles. The topological polar surface area (TPSA) is 45.5 Å². The Balaban J connectivity index is 1.23. The summed E-state index contributed by atoms with van der Waals surface area (Å²) in [6.07, 6.45) is 3.17. The Labute approximate surface area is 224 Å². The molecule has 190 valence electrons. The second kappa shape index (κ2) is 10.9. The number of benzene rings is 4. The molecule has 1 aliphatic rings. The van der Waals surface area contributed by atoms with Crippen molar-refractivity contribution in [1.82, 2.24) is 9.55 Å². The van der Waals surface area contributed by atoms with Gasteiger partial charge in [-0.15, -0.1) is 0 Å². The lowest BCUT2D eigenvalue weighted by molar-refractivity contribution is 0.649. The molecule has 5 nitrogen and oxygen atoms in total. The van der Waals surface area contributed by atoms with Crippen LogP contribution in [0.2, 0.25) is 0 Å². The fourth-order valence-corrected chi connectivity index (χ4v) is 5.19. The van der Waals surface area contributed by atoms with Crippen molar-refractivity contribution in [2.75, 3.05) is 10.3 Å². The molecule has 0 saturated heterocycles. The summed E-state index contributed by atoms with van der Waals surface area (Å²) in [4.78, 5) is 4.87. The number of aryl methyl sites for hydroxylation is 1. The molecule has 38 heavy (non-hydrogen) atoms. The number of imidazole rings is 1. The van der Waals surface area contributed by atoms with Crippen molar-refractivity contribution in [2.45, 2.75) is 45.3 Å². The third kappa shape index (κ3) is 4.92. The maximum absolute atomic E-state index is 5.10. The number of anilines is 2. The van der Waals surface area contributed by atoms with Gasteiger partial charge in [0, 0.05) is 19.5 Å². The molecule has 0 saturated carbocycles. The number of para-hydroxylation sites is 2. The quantitative estimate of drug-likeness (QED) is 0.225. The largest absolute Gasteiger partial charge is 0.352 e. The Kier molecular flexibility index (Phi) is 6.90. The Morgan fingerprint density at radius 2 is 1.53 bits per heavy atom. The Hall–Kier alpha value is -4.38. The summed E-state index contributed by atoms with van der Waals surface area (Å²) in [5, 5.41) is 10.9. The van der Waals surface area contributed by atoms with Crippen LogP contribution < -0.4 is 10.3 Å². The van der Waals surface area contributed by atoms with E-state index in [0.717, 1.165) is 55.2 Å². The van der Waals surface area contributed by atoms with Gasteiger partial charge in [-0.2, -0.15) is 5.10 Å². The van der Waals surface area contributed by atoms with E-state index in [0.29, 0.717) is 0 Å². The predicted octanol–water partition coefficient (Wildman–Crippen LogP) is 7.80. The number of nitrogens with one attached hydrogen (secondary N) is 1. The Morgan fingerprint density at radius 1 is 0.816 bits per heavy atom. The highest BCUT2D eigenvalue weighted by Gasteiger charge is 2.29. The lowest BCUT2D eigenvalue weighted by atomic mass is 9.98. The van der Waals surface area contributed by atoms with Gasteiger partial charge in [0.1, 0.15) is 0 Å². The minimum Gasteiger partial charge on any atom is -0.352 e. The van der Waals surface area contributed by atoms with Gasteiger partial charge in [-0.05, 0) is 47.4 Å².